The Morgan fingerprint density at radius 3 is 0.899 bits per heavy atom. The Balaban J connectivity index is 1.13. The van der Waals surface area contributed by atoms with Crippen molar-refractivity contribution in [3.05, 3.63) is 224 Å². The van der Waals surface area contributed by atoms with Gasteiger partial charge in [0.2, 0.25) is 11.9 Å². The van der Waals surface area contributed by atoms with Crippen molar-refractivity contribution in [3.8, 4) is 73.7 Å². The Morgan fingerprint density at radius 1 is 0.232 bits per heavy atom. The van der Waals surface area contributed by atoms with Crippen molar-refractivity contribution in [3.63, 3.8) is 0 Å². The van der Waals surface area contributed by atoms with Crippen LogP contribution in [0.1, 0.15) is 0 Å². The molecule has 0 saturated carbocycles. The fraction of sp³-hybridized carbons (Fsp3) is 0. The number of nitrogens with zero attached hydrogens (tertiary/aromatic N) is 7. The van der Waals surface area contributed by atoms with Gasteiger partial charge in [-0.2, -0.15) is 15.0 Å². The van der Waals surface area contributed by atoms with Gasteiger partial charge in [0.1, 0.15) is 5.69 Å². The van der Waals surface area contributed by atoms with Crippen LogP contribution in [0.4, 0.5) is 0 Å². The predicted octanol–water partition coefficient (Wildman–Crippen LogP) is 15.2. The summed E-state index contributed by atoms with van der Waals surface area (Å²) in [6.45, 7) is 0. The van der Waals surface area contributed by atoms with E-state index in [1.54, 1.807) is 0 Å². The fourth-order valence-corrected chi connectivity index (χ4v) is 11.2. The topological polar surface area (TPSA) is 66.3 Å². The SMILES string of the molecule is c1ccc2c(c1)-c1ccccc1-c1cc(-n3c4ccccc4c4ccccc43)c(-c3nc(-n4c5ccccc5c5ccccc54)nc(-n4c5ccccc5c5ccccc54)n3)nc1-c1ccccc1-2. The number of pyridine rings is 1. The lowest BCUT2D eigenvalue weighted by Crippen LogP contribution is -2.12. The number of hydrogen-bond acceptors (Lipinski definition) is 4. The minimum absolute atomic E-state index is 0.451. The second-order valence-corrected chi connectivity index (χ2v) is 17.8. The summed E-state index contributed by atoms with van der Waals surface area (Å²) in [4.78, 5) is 22.7. The molecule has 7 nitrogen and oxygen atoms in total. The largest absolute Gasteiger partial charge is 0.307 e. The normalized spacial score (nSPS) is 12.1. The van der Waals surface area contributed by atoms with Crippen LogP contribution in [0.25, 0.3) is 139 Å². The number of hydrogen-bond donors (Lipinski definition) is 0. The second-order valence-electron chi connectivity index (χ2n) is 17.8. The lowest BCUT2D eigenvalue weighted by molar-refractivity contribution is 0.888. The smallest absolute Gasteiger partial charge is 0.240 e. The van der Waals surface area contributed by atoms with Crippen molar-refractivity contribution < 1.29 is 0 Å². The van der Waals surface area contributed by atoms with Gasteiger partial charge in [0.05, 0.1) is 44.5 Å². The molecule has 9 aromatic carbocycles. The van der Waals surface area contributed by atoms with Gasteiger partial charge < -0.3 is 4.57 Å². The lowest BCUT2D eigenvalue weighted by Gasteiger charge is -2.24. The third-order valence-electron chi connectivity index (χ3n) is 14.1. The molecule has 15 rings (SSSR count). The molecule has 320 valence electrons. The Labute approximate surface area is 395 Å². The first-order valence-corrected chi connectivity index (χ1v) is 23.3. The van der Waals surface area contributed by atoms with Crippen molar-refractivity contribution in [1.29, 1.82) is 0 Å². The summed E-state index contributed by atoms with van der Waals surface area (Å²) in [6, 6.07) is 79.8. The van der Waals surface area contributed by atoms with E-state index in [1.807, 2.05) is 0 Å². The van der Waals surface area contributed by atoms with Crippen LogP contribution in [0, 0.1) is 0 Å². The molecule has 0 N–H and O–H groups in total. The van der Waals surface area contributed by atoms with E-state index < -0.39 is 0 Å². The van der Waals surface area contributed by atoms with Crippen molar-refractivity contribution in [1.82, 2.24) is 33.6 Å². The molecule has 1 aliphatic carbocycles. The maximum Gasteiger partial charge on any atom is 0.240 e. The van der Waals surface area contributed by atoms with Crippen molar-refractivity contribution in [2.45, 2.75) is 0 Å². The van der Waals surface area contributed by atoms with Gasteiger partial charge in [-0.25, -0.2) is 4.98 Å². The summed E-state index contributed by atoms with van der Waals surface area (Å²) in [6.07, 6.45) is 0. The molecular weight excluding hydrogens is 843 g/mol. The molecule has 0 aliphatic heterocycles. The molecule has 0 fully saturated rings. The Morgan fingerprint density at radius 2 is 0.522 bits per heavy atom. The third kappa shape index (κ3) is 5.44. The summed E-state index contributed by atoms with van der Waals surface area (Å²) in [5.41, 5.74) is 16.2. The Bertz CT molecular complexity index is 4160. The summed E-state index contributed by atoms with van der Waals surface area (Å²) < 4.78 is 6.73. The highest BCUT2D eigenvalue weighted by Gasteiger charge is 2.29. The van der Waals surface area contributed by atoms with E-state index >= 15 is 0 Å². The van der Waals surface area contributed by atoms with Crippen LogP contribution in [0.15, 0.2) is 224 Å². The van der Waals surface area contributed by atoms with Crippen LogP contribution < -0.4 is 0 Å². The highest BCUT2D eigenvalue weighted by atomic mass is 15.3. The van der Waals surface area contributed by atoms with Crippen LogP contribution in [0.5, 0.6) is 0 Å². The zero-order valence-electron chi connectivity index (χ0n) is 37.0. The lowest BCUT2D eigenvalue weighted by atomic mass is 9.82. The van der Waals surface area contributed by atoms with E-state index in [0.29, 0.717) is 23.4 Å². The number of para-hydroxylation sites is 6. The highest BCUT2D eigenvalue weighted by molar-refractivity contribution is 6.12. The summed E-state index contributed by atoms with van der Waals surface area (Å²) in [5, 5.41) is 6.78. The average molecular weight is 880 g/mol. The van der Waals surface area contributed by atoms with Crippen LogP contribution >= 0.6 is 0 Å². The van der Waals surface area contributed by atoms with Crippen molar-refractivity contribution in [2.75, 3.05) is 0 Å². The molecule has 0 saturated heterocycles. The van der Waals surface area contributed by atoms with Gasteiger partial charge in [0.25, 0.3) is 0 Å². The first-order valence-electron chi connectivity index (χ1n) is 23.3. The van der Waals surface area contributed by atoms with Gasteiger partial charge in [-0.3, -0.25) is 9.13 Å². The van der Waals surface area contributed by atoms with Crippen LogP contribution in [0.2, 0.25) is 0 Å². The minimum Gasteiger partial charge on any atom is -0.307 e. The van der Waals surface area contributed by atoms with Gasteiger partial charge in [0.15, 0.2) is 5.82 Å². The van der Waals surface area contributed by atoms with Gasteiger partial charge >= 0.3 is 0 Å². The fourth-order valence-electron chi connectivity index (χ4n) is 11.2. The monoisotopic (exact) mass is 879 g/mol. The van der Waals surface area contributed by atoms with Crippen molar-refractivity contribution in [2.24, 2.45) is 0 Å². The summed E-state index contributed by atoms with van der Waals surface area (Å²) >= 11 is 0. The van der Waals surface area contributed by atoms with Gasteiger partial charge in [-0.15, -0.1) is 0 Å². The first kappa shape index (κ1) is 37.7. The molecule has 0 atom stereocenters. The molecule has 0 amide bonds. The molecule has 5 aromatic heterocycles. The number of aromatic nitrogens is 7. The third-order valence-corrected chi connectivity index (χ3v) is 14.1. The van der Waals surface area contributed by atoms with Crippen molar-refractivity contribution >= 4 is 65.4 Å². The second kappa shape index (κ2) is 14.5. The summed E-state index contributed by atoms with van der Waals surface area (Å²) in [7, 11) is 0. The number of rotatable bonds is 4. The molecule has 5 heterocycles. The molecule has 7 heteroatoms. The Hall–Kier alpha value is -9.46. The maximum absolute atomic E-state index is 5.97. The van der Waals surface area contributed by atoms with E-state index in [0.717, 1.165) is 110 Å². The van der Waals surface area contributed by atoms with E-state index in [4.69, 9.17) is 19.9 Å². The van der Waals surface area contributed by atoms with E-state index in [2.05, 4.69) is 238 Å². The molecule has 0 spiro atoms. The number of benzene rings is 9. The number of fused-ring (bicyclic) bond motifs is 17. The standard InChI is InChI=1S/C62H37N7/c1-2-20-39-38(19-1)40-21-3-4-23-42(40)50-37-57(67-51-31-13-7-24-43(51)44-25-8-14-32-52(44)67)59(63-58(50)49-30-6-5-22-41(39)49)60-64-61(68-53-33-15-9-26-45(53)46-27-10-16-34-54(46)68)66-62(65-60)69-55-35-17-11-28-47(55)48-29-12-18-36-56(48)69/h1-37H. The first-order chi connectivity index (χ1) is 34.3. The van der Waals surface area contributed by atoms with Gasteiger partial charge in [-0.1, -0.05) is 182 Å². The molecule has 1 aliphatic rings. The molecule has 14 aromatic rings. The van der Waals surface area contributed by atoms with Crippen LogP contribution in [0.3, 0.4) is 0 Å². The maximum atomic E-state index is 5.97. The molecule has 69 heavy (non-hydrogen) atoms. The molecule has 0 unspecified atom stereocenters. The van der Waals surface area contributed by atoms with Crippen LogP contribution in [-0.4, -0.2) is 33.6 Å². The molecule has 0 bridgehead atoms. The zero-order chi connectivity index (χ0) is 45.2. The van der Waals surface area contributed by atoms with Crippen LogP contribution in [-0.2, 0) is 0 Å². The Kier molecular flexibility index (Phi) is 7.94. The van der Waals surface area contributed by atoms with E-state index in [1.165, 1.54) is 5.56 Å². The van der Waals surface area contributed by atoms with Gasteiger partial charge in [0, 0.05) is 43.4 Å². The predicted molar refractivity (Wildman–Crippen MR) is 281 cm³/mol. The average Bonchev–Trinajstić information content (AvgIpc) is 4.06. The zero-order valence-corrected chi connectivity index (χ0v) is 37.0. The molecule has 0 radical (unpaired) electrons. The van der Waals surface area contributed by atoms with E-state index in [9.17, 15) is 0 Å². The quantitative estimate of drug-likeness (QED) is 0.177. The molecular formula is C62H37N7. The minimum atomic E-state index is 0.451. The van der Waals surface area contributed by atoms with Gasteiger partial charge in [-0.05, 0) is 70.3 Å². The highest BCUT2D eigenvalue weighted by Crippen LogP contribution is 2.49. The summed E-state index contributed by atoms with van der Waals surface area (Å²) in [5.74, 6) is 1.44. The van der Waals surface area contributed by atoms with E-state index in [-0.39, 0.29) is 0 Å².